The summed E-state index contributed by atoms with van der Waals surface area (Å²) in [6, 6.07) is 6.17. The Balaban J connectivity index is 1.69. The van der Waals surface area contributed by atoms with Gasteiger partial charge in [0.05, 0.1) is 5.25 Å². The number of aryl methyl sites for hydroxylation is 1. The Morgan fingerprint density at radius 2 is 1.91 bits per heavy atom. The highest BCUT2D eigenvalue weighted by atomic mass is 32.2. The van der Waals surface area contributed by atoms with Gasteiger partial charge in [-0.2, -0.15) is 0 Å². The van der Waals surface area contributed by atoms with Crippen LogP contribution in [0, 0.1) is 12.7 Å². The topological polar surface area (TPSA) is 67.2 Å². The van der Waals surface area contributed by atoms with Crippen LogP contribution in [0.5, 0.6) is 0 Å². The van der Waals surface area contributed by atoms with E-state index in [9.17, 15) is 14.0 Å². The fourth-order valence-electron chi connectivity index (χ4n) is 4.24. The summed E-state index contributed by atoms with van der Waals surface area (Å²) in [5, 5.41) is 3.37. The van der Waals surface area contributed by atoms with Crippen LogP contribution in [0.2, 0.25) is 0 Å². The van der Waals surface area contributed by atoms with Gasteiger partial charge in [0.1, 0.15) is 5.82 Å². The van der Waals surface area contributed by atoms with E-state index in [4.69, 9.17) is 4.98 Å². The number of rotatable bonds is 11. The average molecular weight is 489 g/mol. The minimum absolute atomic E-state index is 0.0118. The molecule has 3 rings (SSSR count). The lowest BCUT2D eigenvalue weighted by Gasteiger charge is -2.26. The molecule has 1 saturated heterocycles. The molecule has 8 heteroatoms. The minimum Gasteiger partial charge on any atom is -0.354 e. The highest BCUT2D eigenvalue weighted by Crippen LogP contribution is 2.25. The van der Waals surface area contributed by atoms with Crippen molar-refractivity contribution in [3.8, 4) is 0 Å². The maximum atomic E-state index is 13.2. The molecule has 0 radical (unpaired) electrons. The van der Waals surface area contributed by atoms with Crippen LogP contribution >= 0.6 is 11.8 Å². The van der Waals surface area contributed by atoms with Crippen LogP contribution in [-0.2, 0) is 18.3 Å². The SMILES string of the molecule is CCCCC(Sc1nc(C)c(Cc2ccc(F)cc2)c(=O)n1C)C(=O)NCCN1CCCCC1. The molecule has 2 aromatic rings. The summed E-state index contributed by atoms with van der Waals surface area (Å²) in [5.41, 5.74) is 1.97. The molecule has 1 fully saturated rings. The number of unbranched alkanes of at least 4 members (excludes halogenated alkanes) is 1. The summed E-state index contributed by atoms with van der Waals surface area (Å²) in [6.07, 6.45) is 6.84. The van der Waals surface area contributed by atoms with Crippen molar-refractivity contribution in [1.29, 1.82) is 0 Å². The Hall–Kier alpha value is -2.19. The first-order chi connectivity index (χ1) is 16.4. The van der Waals surface area contributed by atoms with E-state index in [0.717, 1.165) is 44.5 Å². The number of likely N-dealkylation sites (tertiary alicyclic amines) is 1. The number of amides is 1. The first-order valence-corrected chi connectivity index (χ1v) is 13.2. The molecule has 186 valence electrons. The lowest BCUT2D eigenvalue weighted by Crippen LogP contribution is -2.40. The van der Waals surface area contributed by atoms with Gasteiger partial charge in [-0.3, -0.25) is 14.2 Å². The van der Waals surface area contributed by atoms with E-state index in [2.05, 4.69) is 17.1 Å². The van der Waals surface area contributed by atoms with Crippen molar-refractivity contribution < 1.29 is 9.18 Å². The molecule has 34 heavy (non-hydrogen) atoms. The quantitative estimate of drug-likeness (QED) is 0.382. The van der Waals surface area contributed by atoms with E-state index < -0.39 is 0 Å². The molecule has 1 unspecified atom stereocenters. The van der Waals surface area contributed by atoms with Crippen LogP contribution in [0.3, 0.4) is 0 Å². The summed E-state index contributed by atoms with van der Waals surface area (Å²) in [4.78, 5) is 33.2. The van der Waals surface area contributed by atoms with E-state index >= 15 is 0 Å². The van der Waals surface area contributed by atoms with Gasteiger partial charge in [0.25, 0.3) is 5.56 Å². The van der Waals surface area contributed by atoms with E-state index in [1.165, 1.54) is 47.7 Å². The number of benzene rings is 1. The number of thioether (sulfide) groups is 1. The highest BCUT2D eigenvalue weighted by molar-refractivity contribution is 8.00. The maximum Gasteiger partial charge on any atom is 0.257 e. The van der Waals surface area contributed by atoms with E-state index in [1.54, 1.807) is 19.2 Å². The van der Waals surface area contributed by atoms with Crippen molar-refractivity contribution in [2.75, 3.05) is 26.2 Å². The first-order valence-electron chi connectivity index (χ1n) is 12.4. The second-order valence-electron chi connectivity index (χ2n) is 9.07. The zero-order chi connectivity index (χ0) is 24.5. The molecule has 1 aliphatic heterocycles. The van der Waals surface area contributed by atoms with Crippen molar-refractivity contribution in [2.45, 2.75) is 69.2 Å². The molecule has 1 aliphatic rings. The number of halogens is 1. The predicted octanol–water partition coefficient (Wildman–Crippen LogP) is 4.07. The Bertz CT molecular complexity index is 1000. The third-order valence-corrected chi connectivity index (χ3v) is 7.69. The normalized spacial score (nSPS) is 15.3. The zero-order valence-electron chi connectivity index (χ0n) is 20.6. The average Bonchev–Trinajstić information content (AvgIpc) is 2.84. The number of nitrogens with one attached hydrogen (secondary N) is 1. The van der Waals surface area contributed by atoms with Crippen LogP contribution in [0.1, 0.15) is 62.3 Å². The highest BCUT2D eigenvalue weighted by Gasteiger charge is 2.23. The van der Waals surface area contributed by atoms with E-state index in [1.807, 2.05) is 6.92 Å². The van der Waals surface area contributed by atoms with Crippen LogP contribution in [-0.4, -0.2) is 51.8 Å². The van der Waals surface area contributed by atoms with Gasteiger partial charge < -0.3 is 10.2 Å². The Morgan fingerprint density at radius 3 is 2.59 bits per heavy atom. The molecule has 1 aromatic heterocycles. The summed E-state index contributed by atoms with van der Waals surface area (Å²) < 4.78 is 14.8. The number of carbonyl (C=O) groups excluding carboxylic acids is 1. The van der Waals surface area contributed by atoms with Crippen LogP contribution < -0.4 is 10.9 Å². The van der Waals surface area contributed by atoms with Crippen LogP contribution in [0.4, 0.5) is 4.39 Å². The maximum absolute atomic E-state index is 13.2. The van der Waals surface area contributed by atoms with Crippen LogP contribution in [0.15, 0.2) is 34.2 Å². The lowest BCUT2D eigenvalue weighted by atomic mass is 10.1. The number of nitrogens with zero attached hydrogens (tertiary/aromatic N) is 3. The molecule has 0 aliphatic carbocycles. The summed E-state index contributed by atoms with van der Waals surface area (Å²) in [5.74, 6) is -0.289. The molecule has 1 N–H and O–H groups in total. The van der Waals surface area contributed by atoms with Crippen molar-refractivity contribution in [1.82, 2.24) is 19.8 Å². The minimum atomic E-state index is -0.300. The molecular weight excluding hydrogens is 451 g/mol. The second-order valence-corrected chi connectivity index (χ2v) is 10.2. The molecule has 1 aromatic carbocycles. The Kier molecular flexibility index (Phi) is 10.1. The molecule has 1 atom stereocenters. The third kappa shape index (κ3) is 7.40. The van der Waals surface area contributed by atoms with Gasteiger partial charge in [0, 0.05) is 37.8 Å². The molecule has 2 heterocycles. The predicted molar refractivity (Wildman–Crippen MR) is 136 cm³/mol. The summed E-state index contributed by atoms with van der Waals surface area (Å²) in [7, 11) is 1.70. The molecular formula is C26H37FN4O2S. The Labute approximate surface area is 206 Å². The van der Waals surface area contributed by atoms with Crippen molar-refractivity contribution in [2.24, 2.45) is 7.05 Å². The molecule has 0 spiro atoms. The number of aromatic nitrogens is 2. The van der Waals surface area contributed by atoms with Gasteiger partial charge in [-0.05, 0) is 57.0 Å². The number of piperidine rings is 1. The summed E-state index contributed by atoms with van der Waals surface area (Å²) >= 11 is 1.37. The van der Waals surface area contributed by atoms with Crippen molar-refractivity contribution in [3.63, 3.8) is 0 Å². The van der Waals surface area contributed by atoms with Crippen molar-refractivity contribution in [3.05, 3.63) is 57.3 Å². The van der Waals surface area contributed by atoms with Gasteiger partial charge in [-0.15, -0.1) is 0 Å². The zero-order valence-corrected chi connectivity index (χ0v) is 21.4. The van der Waals surface area contributed by atoms with E-state index in [-0.39, 0.29) is 22.5 Å². The molecule has 0 bridgehead atoms. The van der Waals surface area contributed by atoms with Crippen molar-refractivity contribution >= 4 is 17.7 Å². The number of hydrogen-bond donors (Lipinski definition) is 1. The van der Waals surface area contributed by atoms with Gasteiger partial charge in [0.2, 0.25) is 5.91 Å². The number of hydrogen-bond acceptors (Lipinski definition) is 5. The lowest BCUT2D eigenvalue weighted by molar-refractivity contribution is -0.120. The Morgan fingerprint density at radius 1 is 1.21 bits per heavy atom. The standard InChI is InChI=1S/C26H37FN4O2S/c1-4-5-9-23(24(32)28-14-17-31-15-7-6-8-16-31)34-26-29-19(2)22(25(33)30(26)3)18-20-10-12-21(27)13-11-20/h10-13,23H,4-9,14-18H2,1-3H3,(H,28,32). The second kappa shape index (κ2) is 13.0. The van der Waals surface area contributed by atoms with E-state index in [0.29, 0.717) is 29.4 Å². The first kappa shape index (κ1) is 26.4. The van der Waals surface area contributed by atoms with Crippen LogP contribution in [0.25, 0.3) is 0 Å². The fourth-order valence-corrected chi connectivity index (χ4v) is 5.40. The van der Waals surface area contributed by atoms with Gasteiger partial charge in [-0.1, -0.05) is 50.1 Å². The molecule has 0 saturated carbocycles. The third-order valence-electron chi connectivity index (χ3n) is 6.38. The molecule has 6 nitrogen and oxygen atoms in total. The smallest absolute Gasteiger partial charge is 0.257 e. The van der Waals surface area contributed by atoms with Gasteiger partial charge in [0.15, 0.2) is 5.16 Å². The monoisotopic (exact) mass is 488 g/mol. The fraction of sp³-hybridized carbons (Fsp3) is 0.577. The number of carbonyl (C=O) groups is 1. The summed E-state index contributed by atoms with van der Waals surface area (Å²) in [6.45, 7) is 7.68. The van der Waals surface area contributed by atoms with Gasteiger partial charge >= 0.3 is 0 Å². The van der Waals surface area contributed by atoms with Gasteiger partial charge in [-0.25, -0.2) is 9.37 Å². The largest absolute Gasteiger partial charge is 0.354 e. The molecule has 1 amide bonds.